The number of rotatable bonds is 3. The van der Waals surface area contributed by atoms with Gasteiger partial charge in [0.1, 0.15) is 11.2 Å². The smallest absolute Gasteiger partial charge is 0.257 e. The fourth-order valence-electron chi connectivity index (χ4n) is 2.12. The maximum absolute atomic E-state index is 12.6. The van der Waals surface area contributed by atoms with Crippen molar-refractivity contribution in [2.75, 3.05) is 32.0 Å². The topological polar surface area (TPSA) is 97.5 Å². The van der Waals surface area contributed by atoms with Crippen LogP contribution in [0.4, 0.5) is 5.69 Å². The lowest BCUT2D eigenvalue weighted by Gasteiger charge is -2.34. The fourth-order valence-corrected chi connectivity index (χ4v) is 2.31. The van der Waals surface area contributed by atoms with Crippen LogP contribution in [0.1, 0.15) is 17.3 Å². The average Bonchev–Trinajstić information content (AvgIpc) is 2.49. The lowest BCUT2D eigenvalue weighted by atomic mass is 10.1. The van der Waals surface area contributed by atoms with Crippen molar-refractivity contribution >= 4 is 29.1 Å². The second-order valence-electron chi connectivity index (χ2n) is 4.59. The van der Waals surface area contributed by atoms with Gasteiger partial charge in [0.15, 0.2) is 0 Å². The number of carbonyl (C=O) groups is 2. The van der Waals surface area contributed by atoms with Crippen LogP contribution in [-0.2, 0) is 9.53 Å². The highest BCUT2D eigenvalue weighted by molar-refractivity contribution is 6.32. The Labute approximate surface area is 127 Å². The van der Waals surface area contributed by atoms with E-state index in [2.05, 4.69) is 10.3 Å². The van der Waals surface area contributed by atoms with Gasteiger partial charge in [-0.1, -0.05) is 11.6 Å². The molecular formula is C13H17ClN4O3. The molecule has 3 N–H and O–H groups in total. The van der Waals surface area contributed by atoms with Crippen molar-refractivity contribution in [1.82, 2.24) is 15.2 Å². The maximum atomic E-state index is 12.6. The van der Waals surface area contributed by atoms with Gasteiger partial charge in [-0.15, -0.1) is 0 Å². The summed E-state index contributed by atoms with van der Waals surface area (Å²) >= 11 is 5.95. The Morgan fingerprint density at radius 1 is 1.62 bits per heavy atom. The van der Waals surface area contributed by atoms with Crippen molar-refractivity contribution in [3.05, 3.63) is 23.0 Å². The third-order valence-electron chi connectivity index (χ3n) is 3.13. The van der Waals surface area contributed by atoms with Gasteiger partial charge in [-0.3, -0.25) is 9.59 Å². The Morgan fingerprint density at radius 3 is 3.10 bits per heavy atom. The number of hydrogen-bond donors (Lipinski definition) is 2. The first-order valence-electron chi connectivity index (χ1n) is 6.62. The summed E-state index contributed by atoms with van der Waals surface area (Å²) in [5, 5.41) is 2.76. The molecule has 2 heterocycles. The van der Waals surface area contributed by atoms with Crippen LogP contribution in [0.3, 0.4) is 0 Å². The second kappa shape index (κ2) is 6.73. The summed E-state index contributed by atoms with van der Waals surface area (Å²) in [4.78, 5) is 29.9. The van der Waals surface area contributed by atoms with Crippen LogP contribution in [0.5, 0.6) is 0 Å². The largest absolute Gasteiger partial charge is 0.397 e. The molecule has 1 saturated heterocycles. The summed E-state index contributed by atoms with van der Waals surface area (Å²) < 4.78 is 5.29. The van der Waals surface area contributed by atoms with Crippen molar-refractivity contribution in [2.45, 2.75) is 13.0 Å². The van der Waals surface area contributed by atoms with Gasteiger partial charge in [-0.05, 0) is 13.0 Å². The van der Waals surface area contributed by atoms with Crippen molar-refractivity contribution < 1.29 is 14.3 Å². The van der Waals surface area contributed by atoms with E-state index in [0.29, 0.717) is 25.4 Å². The monoisotopic (exact) mass is 312 g/mol. The number of halogens is 1. The summed E-state index contributed by atoms with van der Waals surface area (Å²) in [6, 6.07) is 0.783. The zero-order chi connectivity index (χ0) is 15.4. The second-order valence-corrected chi connectivity index (χ2v) is 4.95. The number of likely N-dealkylation sites (N-methyl/N-ethyl adjacent to an activating group) is 1. The Morgan fingerprint density at radius 2 is 2.38 bits per heavy atom. The lowest BCUT2D eigenvalue weighted by molar-refractivity contribution is -0.130. The van der Waals surface area contributed by atoms with E-state index in [1.54, 1.807) is 0 Å². The summed E-state index contributed by atoms with van der Waals surface area (Å²) in [6.07, 6.45) is 1.37. The quantitative estimate of drug-likeness (QED) is 0.782. The summed E-state index contributed by atoms with van der Waals surface area (Å²) in [5.41, 5.74) is 6.17. The third kappa shape index (κ3) is 3.43. The number of anilines is 1. The van der Waals surface area contributed by atoms with E-state index in [1.165, 1.54) is 17.2 Å². The number of hydrogen-bond acceptors (Lipinski definition) is 5. The van der Waals surface area contributed by atoms with Gasteiger partial charge in [0.05, 0.1) is 30.7 Å². The molecule has 0 spiro atoms. The standard InChI is InChI=1S/C13H17ClN4O3/c1-2-16-12(19)10-7-21-4-3-18(10)13(20)9-5-8(15)6-17-11(9)14/h5-6,10H,2-4,7,15H2,1H3,(H,16,19). The minimum atomic E-state index is -0.677. The minimum absolute atomic E-state index is 0.0651. The molecule has 1 aromatic rings. The molecule has 114 valence electrons. The fraction of sp³-hybridized carbons (Fsp3) is 0.462. The van der Waals surface area contributed by atoms with Gasteiger partial charge in [0.2, 0.25) is 5.91 Å². The predicted octanol–water partition coefficient (Wildman–Crippen LogP) is 0.294. The summed E-state index contributed by atoms with van der Waals surface area (Å²) in [5.74, 6) is -0.627. The molecule has 1 fully saturated rings. The highest BCUT2D eigenvalue weighted by Gasteiger charge is 2.34. The maximum Gasteiger partial charge on any atom is 0.257 e. The number of nitrogens with zero attached hydrogens (tertiary/aromatic N) is 2. The lowest BCUT2D eigenvalue weighted by Crippen LogP contribution is -2.55. The van der Waals surface area contributed by atoms with Crippen LogP contribution >= 0.6 is 11.6 Å². The molecule has 1 unspecified atom stereocenters. The van der Waals surface area contributed by atoms with Crippen LogP contribution in [0.2, 0.25) is 5.15 Å². The van der Waals surface area contributed by atoms with Gasteiger partial charge >= 0.3 is 0 Å². The third-order valence-corrected chi connectivity index (χ3v) is 3.43. The van der Waals surface area contributed by atoms with Crippen LogP contribution in [-0.4, -0.2) is 54.0 Å². The number of morpholine rings is 1. The van der Waals surface area contributed by atoms with E-state index in [0.717, 1.165) is 0 Å². The number of pyridine rings is 1. The molecular weight excluding hydrogens is 296 g/mol. The normalized spacial score (nSPS) is 18.4. The minimum Gasteiger partial charge on any atom is -0.397 e. The van der Waals surface area contributed by atoms with Crippen LogP contribution in [0.15, 0.2) is 12.3 Å². The molecule has 2 amide bonds. The Hall–Kier alpha value is -1.86. The van der Waals surface area contributed by atoms with E-state index < -0.39 is 6.04 Å². The van der Waals surface area contributed by atoms with Gasteiger partial charge in [0, 0.05) is 13.1 Å². The molecule has 1 aliphatic heterocycles. The van der Waals surface area contributed by atoms with Crippen molar-refractivity contribution in [1.29, 1.82) is 0 Å². The highest BCUT2D eigenvalue weighted by atomic mass is 35.5. The van der Waals surface area contributed by atoms with Gasteiger partial charge in [-0.25, -0.2) is 4.98 Å². The Bertz CT molecular complexity index is 552. The molecule has 1 aromatic heterocycles. The molecule has 0 aromatic carbocycles. The number of carbonyl (C=O) groups excluding carboxylic acids is 2. The molecule has 0 radical (unpaired) electrons. The number of nitrogens with one attached hydrogen (secondary N) is 1. The molecule has 21 heavy (non-hydrogen) atoms. The van der Waals surface area contributed by atoms with E-state index in [9.17, 15) is 9.59 Å². The molecule has 0 bridgehead atoms. The molecule has 0 aliphatic carbocycles. The molecule has 1 atom stereocenters. The van der Waals surface area contributed by atoms with Crippen molar-refractivity contribution in [3.63, 3.8) is 0 Å². The number of aromatic nitrogens is 1. The van der Waals surface area contributed by atoms with Gasteiger partial charge in [0.25, 0.3) is 5.91 Å². The van der Waals surface area contributed by atoms with E-state index in [1.807, 2.05) is 6.92 Å². The number of nitrogen functional groups attached to an aromatic ring is 1. The van der Waals surface area contributed by atoms with E-state index >= 15 is 0 Å². The Kier molecular flexibility index (Phi) is 4.98. The van der Waals surface area contributed by atoms with Gasteiger partial charge in [-0.2, -0.15) is 0 Å². The zero-order valence-corrected chi connectivity index (χ0v) is 12.4. The SMILES string of the molecule is CCNC(=O)C1COCCN1C(=O)c1cc(N)cnc1Cl. The van der Waals surface area contributed by atoms with Crippen LogP contribution < -0.4 is 11.1 Å². The average molecular weight is 313 g/mol. The molecule has 1 aliphatic rings. The van der Waals surface area contributed by atoms with E-state index in [-0.39, 0.29) is 29.1 Å². The molecule has 2 rings (SSSR count). The zero-order valence-electron chi connectivity index (χ0n) is 11.6. The Balaban J connectivity index is 2.26. The van der Waals surface area contributed by atoms with Crippen molar-refractivity contribution in [2.24, 2.45) is 0 Å². The van der Waals surface area contributed by atoms with Crippen molar-refractivity contribution in [3.8, 4) is 0 Å². The molecule has 8 heteroatoms. The van der Waals surface area contributed by atoms with E-state index in [4.69, 9.17) is 22.1 Å². The summed E-state index contributed by atoms with van der Waals surface area (Å²) in [7, 11) is 0. The highest BCUT2D eigenvalue weighted by Crippen LogP contribution is 2.20. The first-order valence-corrected chi connectivity index (χ1v) is 6.99. The van der Waals surface area contributed by atoms with Crippen LogP contribution in [0.25, 0.3) is 0 Å². The molecule has 0 saturated carbocycles. The first kappa shape index (κ1) is 15.5. The summed E-state index contributed by atoms with van der Waals surface area (Å²) in [6.45, 7) is 3.14. The number of nitrogens with two attached hydrogens (primary N) is 1. The van der Waals surface area contributed by atoms with Crippen LogP contribution in [0, 0.1) is 0 Å². The van der Waals surface area contributed by atoms with Gasteiger partial charge < -0.3 is 20.7 Å². The number of ether oxygens (including phenoxy) is 1. The number of amides is 2. The first-order chi connectivity index (χ1) is 10.0. The predicted molar refractivity (Wildman–Crippen MR) is 78.0 cm³/mol. The molecule has 7 nitrogen and oxygen atoms in total.